The second-order valence-corrected chi connectivity index (χ2v) is 6.30. The summed E-state index contributed by atoms with van der Waals surface area (Å²) in [4.78, 5) is 20.0. The van der Waals surface area contributed by atoms with Gasteiger partial charge in [-0.25, -0.2) is 4.98 Å². The van der Waals surface area contributed by atoms with Crippen molar-refractivity contribution in [1.29, 1.82) is 0 Å². The Kier molecular flexibility index (Phi) is 8.00. The van der Waals surface area contributed by atoms with Gasteiger partial charge in [0.2, 0.25) is 5.91 Å². The van der Waals surface area contributed by atoms with Crippen molar-refractivity contribution < 1.29 is 4.79 Å². The van der Waals surface area contributed by atoms with Gasteiger partial charge in [-0.2, -0.15) is 0 Å². The highest BCUT2D eigenvalue weighted by molar-refractivity contribution is 5.85. The molecule has 0 aliphatic carbocycles. The molecule has 3 N–H and O–H groups in total. The van der Waals surface area contributed by atoms with Crippen molar-refractivity contribution >= 4 is 41.8 Å². The Bertz CT molecular complexity index is 674. The minimum atomic E-state index is 0. The summed E-state index contributed by atoms with van der Waals surface area (Å²) < 4.78 is 0. The summed E-state index contributed by atoms with van der Waals surface area (Å²) in [6, 6.07) is 6.89. The molecule has 1 amide bonds. The van der Waals surface area contributed by atoms with Crippen molar-refractivity contribution in [1.82, 2.24) is 20.6 Å². The van der Waals surface area contributed by atoms with E-state index >= 15 is 0 Å². The summed E-state index contributed by atoms with van der Waals surface area (Å²) >= 11 is 0. The van der Waals surface area contributed by atoms with Crippen molar-refractivity contribution in [2.75, 3.05) is 6.54 Å². The summed E-state index contributed by atoms with van der Waals surface area (Å²) in [6.45, 7) is 5.20. The molecule has 1 aromatic heterocycles. The molecule has 134 valence electrons. The highest BCUT2D eigenvalue weighted by Gasteiger charge is 2.19. The largest absolute Gasteiger partial charge is 0.353 e. The second kappa shape index (κ2) is 9.25. The SMILES string of the molecule is Cc1cccc2[nH]c(CCC(=O)NC3CCNC(C)C3)nc12.Cl.Cl. The Hall–Kier alpha value is -1.30. The fraction of sp³-hybridized carbons (Fsp3) is 0.529. The first-order valence-corrected chi connectivity index (χ1v) is 8.09. The number of nitrogens with zero attached hydrogens (tertiary/aromatic N) is 1. The molecule has 0 spiro atoms. The number of para-hydroxylation sites is 1. The molecule has 1 aliphatic rings. The van der Waals surface area contributed by atoms with Crippen molar-refractivity contribution in [2.24, 2.45) is 0 Å². The number of benzene rings is 1. The molecule has 2 heterocycles. The Morgan fingerprint density at radius 3 is 2.88 bits per heavy atom. The van der Waals surface area contributed by atoms with E-state index in [1.807, 2.05) is 12.1 Å². The van der Waals surface area contributed by atoms with E-state index in [0.29, 0.717) is 24.9 Å². The minimum Gasteiger partial charge on any atom is -0.353 e. The number of hydrogen-bond acceptors (Lipinski definition) is 3. The molecule has 0 bridgehead atoms. The first-order valence-electron chi connectivity index (χ1n) is 8.09. The number of nitrogens with one attached hydrogen (secondary N) is 3. The van der Waals surface area contributed by atoms with Crippen LogP contribution in [0.25, 0.3) is 11.0 Å². The van der Waals surface area contributed by atoms with Crippen molar-refractivity contribution in [2.45, 2.75) is 51.6 Å². The van der Waals surface area contributed by atoms with Crippen LogP contribution in [-0.4, -0.2) is 34.5 Å². The zero-order valence-corrected chi connectivity index (χ0v) is 15.7. The molecule has 0 saturated carbocycles. The van der Waals surface area contributed by atoms with E-state index in [1.54, 1.807) is 0 Å². The van der Waals surface area contributed by atoms with Gasteiger partial charge in [-0.05, 0) is 44.9 Å². The fourth-order valence-corrected chi connectivity index (χ4v) is 3.14. The lowest BCUT2D eigenvalue weighted by Gasteiger charge is -2.28. The van der Waals surface area contributed by atoms with Crippen LogP contribution in [0.3, 0.4) is 0 Å². The van der Waals surface area contributed by atoms with Crippen molar-refractivity contribution in [3.05, 3.63) is 29.6 Å². The van der Waals surface area contributed by atoms with Crippen LogP contribution in [0, 0.1) is 6.92 Å². The van der Waals surface area contributed by atoms with Gasteiger partial charge in [-0.1, -0.05) is 12.1 Å². The van der Waals surface area contributed by atoms with E-state index in [0.717, 1.165) is 41.8 Å². The third kappa shape index (κ3) is 5.10. The number of amides is 1. The molecule has 1 aliphatic heterocycles. The Labute approximate surface area is 155 Å². The van der Waals surface area contributed by atoms with Crippen LogP contribution in [-0.2, 0) is 11.2 Å². The molecule has 3 rings (SSSR count). The number of aromatic amines is 1. The van der Waals surface area contributed by atoms with Gasteiger partial charge in [-0.15, -0.1) is 24.8 Å². The smallest absolute Gasteiger partial charge is 0.220 e. The molecule has 1 fully saturated rings. The number of rotatable bonds is 4. The van der Waals surface area contributed by atoms with E-state index in [2.05, 4.69) is 40.5 Å². The number of hydrogen-bond donors (Lipinski definition) is 3. The van der Waals surface area contributed by atoms with E-state index in [-0.39, 0.29) is 30.7 Å². The number of carbonyl (C=O) groups excluding carboxylic acids is 1. The van der Waals surface area contributed by atoms with Gasteiger partial charge in [0.25, 0.3) is 0 Å². The topological polar surface area (TPSA) is 69.8 Å². The van der Waals surface area contributed by atoms with Crippen LogP contribution in [0.5, 0.6) is 0 Å². The maximum atomic E-state index is 12.1. The lowest BCUT2D eigenvalue weighted by Crippen LogP contribution is -2.46. The van der Waals surface area contributed by atoms with Crippen LogP contribution >= 0.6 is 24.8 Å². The lowest BCUT2D eigenvalue weighted by molar-refractivity contribution is -0.122. The minimum absolute atomic E-state index is 0. The first-order chi connectivity index (χ1) is 10.6. The summed E-state index contributed by atoms with van der Waals surface area (Å²) in [5.74, 6) is 1.01. The summed E-state index contributed by atoms with van der Waals surface area (Å²) in [5, 5.41) is 6.54. The summed E-state index contributed by atoms with van der Waals surface area (Å²) in [5.41, 5.74) is 3.21. The van der Waals surface area contributed by atoms with Gasteiger partial charge >= 0.3 is 0 Å². The third-order valence-corrected chi connectivity index (χ3v) is 4.34. The highest BCUT2D eigenvalue weighted by atomic mass is 35.5. The van der Waals surface area contributed by atoms with Crippen LogP contribution < -0.4 is 10.6 Å². The molecule has 5 nitrogen and oxygen atoms in total. The predicted molar refractivity (Wildman–Crippen MR) is 102 cm³/mol. The third-order valence-electron chi connectivity index (χ3n) is 4.34. The van der Waals surface area contributed by atoms with Gasteiger partial charge in [0, 0.05) is 24.9 Å². The molecular weight excluding hydrogens is 347 g/mol. The molecule has 2 aromatic rings. The van der Waals surface area contributed by atoms with E-state index in [1.165, 1.54) is 0 Å². The Morgan fingerprint density at radius 2 is 2.17 bits per heavy atom. The van der Waals surface area contributed by atoms with Gasteiger partial charge in [0.05, 0.1) is 11.0 Å². The molecule has 2 atom stereocenters. The Morgan fingerprint density at radius 1 is 1.38 bits per heavy atom. The Balaban J connectivity index is 0.00000144. The molecule has 24 heavy (non-hydrogen) atoms. The number of aryl methyl sites for hydroxylation is 2. The summed E-state index contributed by atoms with van der Waals surface area (Å²) in [6.07, 6.45) is 3.16. The molecule has 7 heteroatoms. The summed E-state index contributed by atoms with van der Waals surface area (Å²) in [7, 11) is 0. The average molecular weight is 373 g/mol. The van der Waals surface area contributed by atoms with Crippen LogP contribution in [0.15, 0.2) is 18.2 Å². The number of imidazole rings is 1. The van der Waals surface area contributed by atoms with E-state index < -0.39 is 0 Å². The van der Waals surface area contributed by atoms with Crippen LogP contribution in [0.1, 0.15) is 37.6 Å². The lowest BCUT2D eigenvalue weighted by atomic mass is 10.0. The number of H-pyrrole nitrogens is 1. The number of piperidine rings is 1. The maximum Gasteiger partial charge on any atom is 0.220 e. The second-order valence-electron chi connectivity index (χ2n) is 6.30. The zero-order valence-electron chi connectivity index (χ0n) is 14.1. The quantitative estimate of drug-likeness (QED) is 0.772. The van der Waals surface area contributed by atoms with Gasteiger partial charge < -0.3 is 15.6 Å². The number of aromatic nitrogens is 2. The monoisotopic (exact) mass is 372 g/mol. The maximum absolute atomic E-state index is 12.1. The van der Waals surface area contributed by atoms with Gasteiger partial charge in [0.15, 0.2) is 0 Å². The predicted octanol–water partition coefficient (Wildman–Crippen LogP) is 2.90. The van der Waals surface area contributed by atoms with Gasteiger partial charge in [0.1, 0.15) is 5.82 Å². The average Bonchev–Trinajstić information content (AvgIpc) is 2.90. The first kappa shape index (κ1) is 20.7. The standard InChI is InChI=1S/C17H24N4O.2ClH/c1-11-4-3-5-14-17(11)21-15(20-14)6-7-16(22)19-13-8-9-18-12(2)10-13;;/h3-5,12-13,18H,6-10H2,1-2H3,(H,19,22)(H,20,21);2*1H. The van der Waals surface area contributed by atoms with E-state index in [4.69, 9.17) is 0 Å². The zero-order chi connectivity index (χ0) is 15.5. The normalized spacial score (nSPS) is 20.1. The number of carbonyl (C=O) groups is 1. The van der Waals surface area contributed by atoms with E-state index in [9.17, 15) is 4.79 Å². The van der Waals surface area contributed by atoms with Gasteiger partial charge in [-0.3, -0.25) is 4.79 Å². The molecule has 1 saturated heterocycles. The van der Waals surface area contributed by atoms with Crippen molar-refractivity contribution in [3.63, 3.8) is 0 Å². The molecule has 2 unspecified atom stereocenters. The molecular formula is C17H26Cl2N4O. The molecule has 0 radical (unpaired) electrons. The van der Waals surface area contributed by atoms with Crippen LogP contribution in [0.4, 0.5) is 0 Å². The molecule has 1 aromatic carbocycles. The highest BCUT2D eigenvalue weighted by Crippen LogP contribution is 2.16. The fourth-order valence-electron chi connectivity index (χ4n) is 3.14. The number of halogens is 2. The van der Waals surface area contributed by atoms with Crippen LogP contribution in [0.2, 0.25) is 0 Å². The number of fused-ring (bicyclic) bond motifs is 1. The van der Waals surface area contributed by atoms with Crippen molar-refractivity contribution in [3.8, 4) is 0 Å².